The molecule has 0 aromatic rings. The van der Waals surface area contributed by atoms with E-state index >= 15 is 0 Å². The number of aliphatic carboxylic acids is 1. The summed E-state index contributed by atoms with van der Waals surface area (Å²) >= 11 is 0. The van der Waals surface area contributed by atoms with Gasteiger partial charge >= 0.3 is 5.97 Å². The Balaban J connectivity index is 3.71. The molecule has 0 radical (unpaired) electrons. The Bertz CT molecular complexity index is 189. The minimum absolute atomic E-state index is 0.0480. The number of carboxylic acid groups (broad SMARTS) is 1. The topological polar surface area (TPSA) is 66.4 Å². The van der Waals surface area contributed by atoms with Gasteiger partial charge in [0.1, 0.15) is 6.42 Å². The predicted molar refractivity (Wildman–Crippen MR) is 49.3 cm³/mol. The average Bonchev–Trinajstić information content (AvgIpc) is 1.80. The number of amides is 1. The maximum Gasteiger partial charge on any atom is 0.312 e. The van der Waals surface area contributed by atoms with E-state index in [-0.39, 0.29) is 6.04 Å². The van der Waals surface area contributed by atoms with Crippen LogP contribution in [0.2, 0.25) is 0 Å². The van der Waals surface area contributed by atoms with Crippen molar-refractivity contribution in [3.05, 3.63) is 0 Å². The quantitative estimate of drug-likeness (QED) is 0.631. The van der Waals surface area contributed by atoms with Gasteiger partial charge in [0.05, 0.1) is 0 Å². The van der Waals surface area contributed by atoms with Gasteiger partial charge in [0, 0.05) is 6.04 Å². The van der Waals surface area contributed by atoms with Crippen molar-refractivity contribution < 1.29 is 14.7 Å². The van der Waals surface area contributed by atoms with Gasteiger partial charge in [0.15, 0.2) is 0 Å². The molecule has 1 atom stereocenters. The van der Waals surface area contributed by atoms with Crippen LogP contribution in [0.4, 0.5) is 0 Å². The largest absolute Gasteiger partial charge is 0.481 e. The summed E-state index contributed by atoms with van der Waals surface area (Å²) in [7, 11) is 0. The molecule has 4 nitrogen and oxygen atoms in total. The average molecular weight is 187 g/mol. The van der Waals surface area contributed by atoms with Crippen molar-refractivity contribution in [2.75, 3.05) is 0 Å². The third-order valence-electron chi connectivity index (χ3n) is 1.54. The Morgan fingerprint density at radius 1 is 1.31 bits per heavy atom. The van der Waals surface area contributed by atoms with Gasteiger partial charge in [-0.25, -0.2) is 0 Å². The molecule has 2 N–H and O–H groups in total. The second-order valence-corrected chi connectivity index (χ2v) is 3.67. The van der Waals surface area contributed by atoms with Gasteiger partial charge in [-0.2, -0.15) is 0 Å². The number of carboxylic acids is 1. The summed E-state index contributed by atoms with van der Waals surface area (Å²) in [4.78, 5) is 21.1. The van der Waals surface area contributed by atoms with Crippen LogP contribution in [0.25, 0.3) is 0 Å². The highest BCUT2D eigenvalue weighted by Gasteiger charge is 2.11. The summed E-state index contributed by atoms with van der Waals surface area (Å²) in [5, 5.41) is 10.9. The van der Waals surface area contributed by atoms with Crippen molar-refractivity contribution in [3.8, 4) is 0 Å². The first kappa shape index (κ1) is 11.9. The van der Waals surface area contributed by atoms with Gasteiger partial charge in [-0.3, -0.25) is 9.59 Å². The molecule has 0 heterocycles. The molecule has 0 rings (SSSR count). The van der Waals surface area contributed by atoms with Gasteiger partial charge in [-0.1, -0.05) is 13.8 Å². The van der Waals surface area contributed by atoms with Gasteiger partial charge < -0.3 is 10.4 Å². The number of nitrogens with one attached hydrogen (secondary N) is 1. The van der Waals surface area contributed by atoms with Crippen molar-refractivity contribution in [1.29, 1.82) is 0 Å². The van der Waals surface area contributed by atoms with Crippen LogP contribution in [-0.2, 0) is 9.59 Å². The van der Waals surface area contributed by atoms with E-state index in [1.807, 2.05) is 6.92 Å². The Morgan fingerprint density at radius 3 is 2.23 bits per heavy atom. The lowest BCUT2D eigenvalue weighted by molar-refractivity contribution is -0.140. The van der Waals surface area contributed by atoms with Crippen LogP contribution in [0.1, 0.15) is 33.6 Å². The summed E-state index contributed by atoms with van der Waals surface area (Å²) in [6, 6.07) is 0.0480. The van der Waals surface area contributed by atoms with E-state index in [0.717, 1.165) is 6.42 Å². The summed E-state index contributed by atoms with van der Waals surface area (Å²) in [5.74, 6) is -1.00. The number of hydrogen-bond acceptors (Lipinski definition) is 2. The molecule has 0 aliphatic rings. The van der Waals surface area contributed by atoms with Crippen molar-refractivity contribution >= 4 is 11.9 Å². The zero-order chi connectivity index (χ0) is 10.4. The smallest absolute Gasteiger partial charge is 0.312 e. The zero-order valence-corrected chi connectivity index (χ0v) is 8.33. The molecule has 13 heavy (non-hydrogen) atoms. The molecule has 0 bridgehead atoms. The molecule has 1 amide bonds. The molecule has 0 saturated heterocycles. The SMILES string of the molecule is CC(C)CC(C)NC(=O)CC(=O)O. The fourth-order valence-corrected chi connectivity index (χ4v) is 1.23. The zero-order valence-electron chi connectivity index (χ0n) is 8.33. The molecule has 0 aromatic carbocycles. The van der Waals surface area contributed by atoms with E-state index in [2.05, 4.69) is 19.2 Å². The molecule has 1 unspecified atom stereocenters. The number of carbonyl (C=O) groups excluding carboxylic acids is 1. The fourth-order valence-electron chi connectivity index (χ4n) is 1.23. The lowest BCUT2D eigenvalue weighted by Gasteiger charge is -2.14. The van der Waals surface area contributed by atoms with Crippen LogP contribution in [0.3, 0.4) is 0 Å². The highest BCUT2D eigenvalue weighted by Crippen LogP contribution is 2.03. The number of carbonyl (C=O) groups is 2. The third-order valence-corrected chi connectivity index (χ3v) is 1.54. The maximum atomic E-state index is 11.0. The fraction of sp³-hybridized carbons (Fsp3) is 0.778. The Labute approximate surface area is 78.3 Å². The van der Waals surface area contributed by atoms with Crippen LogP contribution in [0, 0.1) is 5.92 Å². The van der Waals surface area contributed by atoms with Crippen LogP contribution in [0.15, 0.2) is 0 Å². The number of rotatable bonds is 5. The molecule has 0 aliphatic carbocycles. The number of hydrogen-bond donors (Lipinski definition) is 2. The standard InChI is InChI=1S/C9H17NO3/c1-6(2)4-7(3)10-8(11)5-9(12)13/h6-7H,4-5H2,1-3H3,(H,10,11)(H,12,13). The van der Waals surface area contributed by atoms with Crippen LogP contribution in [-0.4, -0.2) is 23.0 Å². The van der Waals surface area contributed by atoms with Crippen molar-refractivity contribution in [2.24, 2.45) is 5.92 Å². The summed E-state index contributed by atoms with van der Waals surface area (Å²) < 4.78 is 0. The molecule has 0 fully saturated rings. The Kier molecular flexibility index (Phi) is 5.11. The molecule has 4 heteroatoms. The minimum atomic E-state index is -1.09. The van der Waals surface area contributed by atoms with E-state index in [1.165, 1.54) is 0 Å². The van der Waals surface area contributed by atoms with Crippen molar-refractivity contribution in [1.82, 2.24) is 5.32 Å². The molecule has 0 saturated carbocycles. The Hall–Kier alpha value is -1.06. The second kappa shape index (κ2) is 5.56. The molecule has 0 spiro atoms. The summed E-state index contributed by atoms with van der Waals surface area (Å²) in [6.07, 6.45) is 0.424. The second-order valence-electron chi connectivity index (χ2n) is 3.67. The Morgan fingerprint density at radius 2 is 1.85 bits per heavy atom. The molecule has 0 aliphatic heterocycles. The van der Waals surface area contributed by atoms with Crippen molar-refractivity contribution in [2.45, 2.75) is 39.7 Å². The molecular weight excluding hydrogens is 170 g/mol. The third kappa shape index (κ3) is 7.31. The monoisotopic (exact) mass is 187 g/mol. The van der Waals surface area contributed by atoms with E-state index in [9.17, 15) is 9.59 Å². The van der Waals surface area contributed by atoms with E-state index in [0.29, 0.717) is 5.92 Å². The van der Waals surface area contributed by atoms with Crippen LogP contribution < -0.4 is 5.32 Å². The van der Waals surface area contributed by atoms with Gasteiger partial charge in [-0.05, 0) is 19.3 Å². The van der Waals surface area contributed by atoms with Gasteiger partial charge in [0.2, 0.25) is 5.91 Å². The first-order chi connectivity index (χ1) is 5.91. The van der Waals surface area contributed by atoms with Crippen molar-refractivity contribution in [3.63, 3.8) is 0 Å². The predicted octanol–water partition coefficient (Wildman–Crippen LogP) is 1.01. The van der Waals surface area contributed by atoms with Crippen LogP contribution >= 0.6 is 0 Å². The minimum Gasteiger partial charge on any atom is -0.481 e. The van der Waals surface area contributed by atoms with E-state index in [1.54, 1.807) is 0 Å². The van der Waals surface area contributed by atoms with Gasteiger partial charge in [0.25, 0.3) is 0 Å². The summed E-state index contributed by atoms with van der Waals surface area (Å²) in [6.45, 7) is 5.99. The summed E-state index contributed by atoms with van der Waals surface area (Å²) in [5.41, 5.74) is 0. The lowest BCUT2D eigenvalue weighted by atomic mass is 10.1. The lowest BCUT2D eigenvalue weighted by Crippen LogP contribution is -2.34. The normalized spacial score (nSPS) is 12.6. The molecule has 0 aromatic heterocycles. The molecular formula is C9H17NO3. The van der Waals surface area contributed by atoms with E-state index in [4.69, 9.17) is 5.11 Å². The van der Waals surface area contributed by atoms with E-state index < -0.39 is 18.3 Å². The highest BCUT2D eigenvalue weighted by molar-refractivity contribution is 5.93. The maximum absolute atomic E-state index is 11.0. The van der Waals surface area contributed by atoms with Gasteiger partial charge in [-0.15, -0.1) is 0 Å². The first-order valence-corrected chi connectivity index (χ1v) is 4.43. The van der Waals surface area contributed by atoms with Crippen LogP contribution in [0.5, 0.6) is 0 Å². The molecule has 76 valence electrons. The first-order valence-electron chi connectivity index (χ1n) is 4.43. The highest BCUT2D eigenvalue weighted by atomic mass is 16.4.